The second kappa shape index (κ2) is 47.8. The maximum atomic E-state index is 14.1. The van der Waals surface area contributed by atoms with Crippen LogP contribution in [0.4, 0.5) is 0 Å². The lowest BCUT2D eigenvalue weighted by atomic mass is 10.0. The first-order valence-electron chi connectivity index (χ1n) is 31.4. The molecule has 10 amide bonds. The highest BCUT2D eigenvalue weighted by atomic mass is 16.3. The van der Waals surface area contributed by atoms with Gasteiger partial charge in [0.15, 0.2) is 5.96 Å². The predicted octanol–water partition coefficient (Wildman–Crippen LogP) is -3.41. The van der Waals surface area contributed by atoms with E-state index in [0.717, 1.165) is 46.5 Å². The van der Waals surface area contributed by atoms with Crippen LogP contribution in [-0.2, 0) is 47.9 Å². The van der Waals surface area contributed by atoms with E-state index >= 15 is 0 Å². The number of nitrogens with one attached hydrogen (secondary N) is 11. The third kappa shape index (κ3) is 36.5. The van der Waals surface area contributed by atoms with Crippen LogP contribution in [-0.4, -0.2) is 206 Å². The minimum Gasteiger partial charge on any atom is -0.396 e. The molecule has 32 nitrogen and oxygen atoms in total. The summed E-state index contributed by atoms with van der Waals surface area (Å²) in [5, 5.41) is 98.0. The zero-order chi connectivity index (χ0) is 68.3. The van der Waals surface area contributed by atoms with Gasteiger partial charge >= 0.3 is 0 Å². The molecule has 0 spiro atoms. The Morgan fingerprint density at radius 1 is 0.400 bits per heavy atom. The van der Waals surface area contributed by atoms with E-state index in [1.165, 1.54) is 58.3 Å². The summed E-state index contributed by atoms with van der Waals surface area (Å²) in [6, 6.07) is -14.9. The lowest BCUT2D eigenvalue weighted by molar-refractivity contribution is -0.138. The largest absolute Gasteiger partial charge is 0.396 e. The Labute approximate surface area is 527 Å². The number of aliphatic hydroxyl groups excluding tert-OH is 6. The van der Waals surface area contributed by atoms with Crippen LogP contribution in [0.25, 0.3) is 0 Å². The van der Waals surface area contributed by atoms with Gasteiger partial charge in [0.05, 0.1) is 37.4 Å². The molecule has 0 rings (SSSR count). The van der Waals surface area contributed by atoms with Gasteiger partial charge in [-0.1, -0.05) is 90.4 Å². The van der Waals surface area contributed by atoms with Crippen LogP contribution >= 0.6 is 0 Å². The van der Waals surface area contributed by atoms with Gasteiger partial charge in [-0.25, -0.2) is 0 Å². The number of nitrogens with two attached hydrogens (primary N) is 4. The highest BCUT2D eigenvalue weighted by molar-refractivity contribution is 5.99. The number of unbranched alkanes of at least 4 members (excludes halogenated alkanes) is 13. The lowest BCUT2D eigenvalue weighted by Crippen LogP contribution is -2.63. The predicted molar refractivity (Wildman–Crippen MR) is 335 cm³/mol. The number of nitrogens with zero attached hydrogens (tertiary/aromatic N) is 1. The van der Waals surface area contributed by atoms with E-state index in [1.54, 1.807) is 0 Å². The molecule has 0 aromatic heterocycles. The van der Waals surface area contributed by atoms with Crippen LogP contribution in [0, 0.1) is 10.8 Å². The maximum Gasteiger partial charge on any atom is 0.245 e. The van der Waals surface area contributed by atoms with Crippen molar-refractivity contribution in [1.29, 1.82) is 10.8 Å². The van der Waals surface area contributed by atoms with E-state index in [4.69, 9.17) is 33.8 Å². The van der Waals surface area contributed by atoms with E-state index in [-0.39, 0.29) is 87.7 Å². The van der Waals surface area contributed by atoms with Gasteiger partial charge in [0, 0.05) is 31.7 Å². The molecule has 32 heteroatoms. The van der Waals surface area contributed by atoms with Gasteiger partial charge in [-0.2, -0.15) is 0 Å². The van der Waals surface area contributed by atoms with E-state index < -0.39 is 146 Å². The Morgan fingerprint density at radius 3 is 1.14 bits per heavy atom. The Balaban J connectivity index is 6.41. The molecule has 25 N–H and O–H groups in total. The molecule has 0 aromatic rings. The van der Waals surface area contributed by atoms with Crippen molar-refractivity contribution in [1.82, 2.24) is 47.9 Å². The van der Waals surface area contributed by atoms with Crippen molar-refractivity contribution in [2.24, 2.45) is 27.9 Å². The van der Waals surface area contributed by atoms with Crippen LogP contribution in [0.5, 0.6) is 0 Å². The first-order chi connectivity index (χ1) is 42.5. The number of amides is 10. The molecule has 516 valence electrons. The highest BCUT2D eigenvalue weighted by Crippen LogP contribution is 2.15. The van der Waals surface area contributed by atoms with Gasteiger partial charge in [0.2, 0.25) is 59.1 Å². The van der Waals surface area contributed by atoms with Gasteiger partial charge < -0.3 is 107 Å². The second-order valence-electron chi connectivity index (χ2n) is 22.8. The number of amidine groups is 1. The molecular formula is C58H108N16O16. The second-order valence-corrected chi connectivity index (χ2v) is 22.8. The molecule has 0 fully saturated rings. The summed E-state index contributed by atoms with van der Waals surface area (Å²) in [6.45, 7) is 4.16. The number of rotatable bonds is 52. The molecule has 0 heterocycles. The summed E-state index contributed by atoms with van der Waals surface area (Å²) in [6.07, 6.45) is 10.1. The fourth-order valence-corrected chi connectivity index (χ4v) is 9.20. The summed E-state index contributed by atoms with van der Waals surface area (Å²) in [7, 11) is 0. The molecule has 0 aliphatic carbocycles. The SMILES string of the molecule is CCCCCCCCCCCCCCCC(=O)NC(CCCCC(=N)N)C(=O)NC(CCC(C)=N)C(=O)NC(C(=O)NC(CCCN=C(N)N)C(=O)NC(CO)C(=O)NC(CO)C(=O)NC(C(=O)NC(CCCO)C(=O)NC(C(N)=O)C(C)O)C(C)O)C(C)O. The normalized spacial score (nSPS) is 15.1. The smallest absolute Gasteiger partial charge is 0.245 e. The average molecular weight is 1290 g/mol. The van der Waals surface area contributed by atoms with Crippen molar-refractivity contribution in [3.8, 4) is 0 Å². The van der Waals surface area contributed by atoms with Crippen molar-refractivity contribution in [2.45, 2.75) is 261 Å². The molecule has 0 aromatic carbocycles. The monoisotopic (exact) mass is 1280 g/mol. The molecule has 0 radical (unpaired) electrons. The van der Waals surface area contributed by atoms with E-state index in [2.05, 4.69) is 59.8 Å². The summed E-state index contributed by atoms with van der Waals surface area (Å²) in [5.74, 6) is -10.8. The van der Waals surface area contributed by atoms with Crippen molar-refractivity contribution in [3.63, 3.8) is 0 Å². The molecule has 0 saturated carbocycles. The minimum absolute atomic E-state index is 0.0111. The molecule has 12 atom stereocenters. The number of hydrogen-bond donors (Lipinski definition) is 21. The highest BCUT2D eigenvalue weighted by Gasteiger charge is 2.37. The molecule has 0 aliphatic heterocycles. The number of primary amides is 1. The van der Waals surface area contributed by atoms with E-state index in [1.807, 2.05) is 0 Å². The fourth-order valence-electron chi connectivity index (χ4n) is 9.20. The fraction of sp³-hybridized carbons (Fsp3) is 0.776. The van der Waals surface area contributed by atoms with E-state index in [9.17, 15) is 78.6 Å². The maximum absolute atomic E-state index is 14.1. The Hall–Kier alpha value is -7.13. The van der Waals surface area contributed by atoms with Crippen molar-refractivity contribution >= 4 is 76.6 Å². The van der Waals surface area contributed by atoms with Gasteiger partial charge in [-0.15, -0.1) is 0 Å². The number of aliphatic imine (C=N–C) groups is 1. The molecule has 0 aliphatic rings. The van der Waals surface area contributed by atoms with E-state index in [0.29, 0.717) is 19.3 Å². The molecule has 0 bridgehead atoms. The van der Waals surface area contributed by atoms with Crippen LogP contribution in [0.3, 0.4) is 0 Å². The van der Waals surface area contributed by atoms with Crippen LogP contribution in [0.2, 0.25) is 0 Å². The summed E-state index contributed by atoms with van der Waals surface area (Å²) in [4.78, 5) is 139. The average Bonchev–Trinajstić information content (AvgIpc) is 1.55. The molecule has 0 saturated heterocycles. The summed E-state index contributed by atoms with van der Waals surface area (Å²) >= 11 is 0. The van der Waals surface area contributed by atoms with Crippen LogP contribution in [0.1, 0.15) is 189 Å². The zero-order valence-electron chi connectivity index (χ0n) is 53.2. The third-order valence-electron chi connectivity index (χ3n) is 14.5. The third-order valence-corrected chi connectivity index (χ3v) is 14.5. The van der Waals surface area contributed by atoms with Crippen molar-refractivity contribution in [2.75, 3.05) is 26.4 Å². The zero-order valence-corrected chi connectivity index (χ0v) is 53.2. The van der Waals surface area contributed by atoms with Gasteiger partial charge in [0.1, 0.15) is 54.4 Å². The first-order valence-corrected chi connectivity index (χ1v) is 31.4. The molecule has 12 unspecified atom stereocenters. The van der Waals surface area contributed by atoms with Crippen LogP contribution in [0.15, 0.2) is 4.99 Å². The summed E-state index contributed by atoms with van der Waals surface area (Å²) < 4.78 is 0. The van der Waals surface area contributed by atoms with Gasteiger partial charge in [-0.3, -0.25) is 58.3 Å². The first kappa shape index (κ1) is 82.9. The minimum atomic E-state index is -1.95. The number of guanidine groups is 1. The Bertz CT molecular complexity index is 2270. The van der Waals surface area contributed by atoms with Crippen LogP contribution < -0.4 is 70.8 Å². The Kier molecular flexibility index (Phi) is 44.0. The number of carbonyl (C=O) groups is 10. The Morgan fingerprint density at radius 2 is 0.744 bits per heavy atom. The molecule has 90 heavy (non-hydrogen) atoms. The topological polar surface area (TPSA) is 564 Å². The van der Waals surface area contributed by atoms with Gasteiger partial charge in [-0.05, 0) is 85.5 Å². The summed E-state index contributed by atoms with van der Waals surface area (Å²) in [5.41, 5.74) is 21.9. The lowest BCUT2D eigenvalue weighted by Gasteiger charge is -2.28. The molecular weight excluding hydrogens is 1180 g/mol. The van der Waals surface area contributed by atoms with Gasteiger partial charge in [0.25, 0.3) is 0 Å². The van der Waals surface area contributed by atoms with Crippen molar-refractivity contribution in [3.05, 3.63) is 0 Å². The standard InChI is InChI=1S/C58H108N16O16/c1-6-7-8-9-10-11-12-13-14-15-16-17-18-27-45(81)66-38(23-19-20-26-44(60)61)50(83)67-41(29-28-34(2)59)53(86)73-47(36(4)79)56(89)68-39(24-21-30-65-58(63)64)51(84)70-42(32-76)54(87)71-43(33-77)55(88)74-48(37(5)80)57(90)69-40(25-22-31-75)52(85)72-46(35(3)78)49(62)82/h35-43,46-48,59,75-80H,6-33H2,1-5H3,(H3,60,61)(H2,62,82)(H,66,81)(H,67,83)(H,68,89)(H,69,90)(H,70,84)(H,71,87)(H,72,85)(H,73,86)(H,74,88)(H4,63,64,65). The quantitative estimate of drug-likeness (QED) is 0.0160. The number of hydrogen-bond acceptors (Lipinski definition) is 19. The number of carbonyl (C=O) groups excluding carboxylic acids is 10. The van der Waals surface area contributed by atoms with Crippen molar-refractivity contribution < 1.29 is 78.6 Å². The number of aliphatic hydroxyl groups is 6.